The predicted octanol–water partition coefficient (Wildman–Crippen LogP) is 4.43. The molecule has 3 aromatic carbocycles. The van der Waals surface area contributed by atoms with Crippen molar-refractivity contribution in [3.8, 4) is 17.3 Å². The zero-order valence-corrected chi connectivity index (χ0v) is 19.0. The highest BCUT2D eigenvalue weighted by atomic mass is 16.5. The molecule has 0 fully saturated rings. The largest absolute Gasteiger partial charge is 0.497 e. The van der Waals surface area contributed by atoms with Gasteiger partial charge in [-0.3, -0.25) is 9.79 Å². The van der Waals surface area contributed by atoms with Crippen LogP contribution in [0.4, 0.5) is 0 Å². The van der Waals surface area contributed by atoms with E-state index in [1.807, 2.05) is 50.5 Å². The third kappa shape index (κ3) is 4.52. The third-order valence-corrected chi connectivity index (χ3v) is 5.72. The first-order valence-electron chi connectivity index (χ1n) is 10.7. The number of likely N-dealkylation sites (N-methyl/N-ethyl adjacent to an activating group) is 1. The average Bonchev–Trinajstić information content (AvgIpc) is 2.84. The zero-order valence-electron chi connectivity index (χ0n) is 19.0. The van der Waals surface area contributed by atoms with Gasteiger partial charge in [0.2, 0.25) is 5.88 Å². The lowest BCUT2D eigenvalue weighted by Crippen LogP contribution is -2.22. The van der Waals surface area contributed by atoms with E-state index in [1.54, 1.807) is 43.7 Å². The lowest BCUT2D eigenvalue weighted by Gasteiger charge is -2.23. The maximum Gasteiger partial charge on any atom is 0.265 e. The van der Waals surface area contributed by atoms with E-state index in [4.69, 9.17) is 4.74 Å². The second-order valence-electron chi connectivity index (χ2n) is 8.01. The Kier molecular flexibility index (Phi) is 6.56. The van der Waals surface area contributed by atoms with Crippen LogP contribution in [0.1, 0.15) is 17.2 Å². The number of rotatable bonds is 7. The summed E-state index contributed by atoms with van der Waals surface area (Å²) in [7, 11) is 5.60. The molecule has 0 saturated heterocycles. The van der Waals surface area contributed by atoms with Crippen molar-refractivity contribution in [3.05, 3.63) is 100 Å². The Morgan fingerprint density at radius 2 is 1.70 bits per heavy atom. The molecule has 1 aromatic heterocycles. The number of pyridine rings is 1. The second kappa shape index (κ2) is 9.71. The molecule has 6 nitrogen and oxygen atoms in total. The summed E-state index contributed by atoms with van der Waals surface area (Å²) in [5.41, 5.74) is 1.88. The lowest BCUT2D eigenvalue weighted by molar-refractivity contribution is 0.307. The highest BCUT2D eigenvalue weighted by molar-refractivity contribution is 6.01. The number of methoxy groups -OCH3 is 1. The van der Waals surface area contributed by atoms with Crippen molar-refractivity contribution in [3.63, 3.8) is 0 Å². The molecule has 168 valence electrons. The van der Waals surface area contributed by atoms with Crippen LogP contribution >= 0.6 is 0 Å². The summed E-state index contributed by atoms with van der Waals surface area (Å²) >= 11 is 0. The summed E-state index contributed by atoms with van der Waals surface area (Å²) in [6.45, 7) is 0.503. The molecule has 0 aliphatic heterocycles. The van der Waals surface area contributed by atoms with E-state index in [0.29, 0.717) is 34.3 Å². The molecule has 4 rings (SSSR count). The van der Waals surface area contributed by atoms with Crippen LogP contribution in [-0.4, -0.2) is 48.5 Å². The topological polar surface area (TPSA) is 67.1 Å². The van der Waals surface area contributed by atoms with Gasteiger partial charge < -0.3 is 14.7 Å². The van der Waals surface area contributed by atoms with Gasteiger partial charge in [0, 0.05) is 23.1 Å². The number of aliphatic imine (C=N–C) groups is 1. The van der Waals surface area contributed by atoms with Crippen molar-refractivity contribution in [1.82, 2.24) is 9.47 Å². The van der Waals surface area contributed by atoms with Crippen molar-refractivity contribution in [2.24, 2.45) is 4.99 Å². The number of fused-ring (bicyclic) bond motifs is 1. The minimum atomic E-state index is -0.302. The minimum absolute atomic E-state index is 0.0835. The zero-order chi connectivity index (χ0) is 23.4. The highest BCUT2D eigenvalue weighted by Crippen LogP contribution is 2.27. The van der Waals surface area contributed by atoms with E-state index in [-0.39, 0.29) is 17.5 Å². The Morgan fingerprint density at radius 3 is 2.39 bits per heavy atom. The number of aromatic hydroxyl groups is 1. The molecule has 0 unspecified atom stereocenters. The monoisotopic (exact) mass is 441 g/mol. The molecule has 0 spiro atoms. The van der Waals surface area contributed by atoms with E-state index in [2.05, 4.69) is 22.0 Å². The highest BCUT2D eigenvalue weighted by Gasteiger charge is 2.17. The Balaban J connectivity index is 1.81. The SMILES string of the molecule is COc1cccc(-n2c(O)c(C=NC[C@@H](c3ccccc3)N(C)C)c3ccccc3c2=O)c1. The quantitative estimate of drug-likeness (QED) is 0.431. The molecular formula is C27H27N3O3. The van der Waals surface area contributed by atoms with Crippen LogP contribution < -0.4 is 10.3 Å². The van der Waals surface area contributed by atoms with Crippen LogP contribution in [0.2, 0.25) is 0 Å². The molecule has 0 radical (unpaired) electrons. The van der Waals surface area contributed by atoms with Crippen molar-refractivity contribution < 1.29 is 9.84 Å². The first-order valence-corrected chi connectivity index (χ1v) is 10.7. The van der Waals surface area contributed by atoms with Crippen molar-refractivity contribution in [2.75, 3.05) is 27.7 Å². The van der Waals surface area contributed by atoms with E-state index in [0.717, 1.165) is 5.56 Å². The molecule has 0 amide bonds. The summed E-state index contributed by atoms with van der Waals surface area (Å²) < 4.78 is 6.60. The van der Waals surface area contributed by atoms with Crippen molar-refractivity contribution in [2.45, 2.75) is 6.04 Å². The fourth-order valence-corrected chi connectivity index (χ4v) is 3.96. The van der Waals surface area contributed by atoms with Gasteiger partial charge in [0.05, 0.1) is 30.9 Å². The van der Waals surface area contributed by atoms with Gasteiger partial charge in [-0.2, -0.15) is 0 Å². The fraction of sp³-hybridized carbons (Fsp3) is 0.185. The minimum Gasteiger partial charge on any atom is -0.497 e. The van der Waals surface area contributed by atoms with E-state index >= 15 is 0 Å². The maximum absolute atomic E-state index is 13.3. The van der Waals surface area contributed by atoms with Crippen LogP contribution in [0.5, 0.6) is 11.6 Å². The molecule has 0 bridgehead atoms. The van der Waals surface area contributed by atoms with Gasteiger partial charge in [-0.1, -0.05) is 54.6 Å². The molecule has 0 aliphatic carbocycles. The van der Waals surface area contributed by atoms with Crippen LogP contribution in [0, 0.1) is 0 Å². The second-order valence-corrected chi connectivity index (χ2v) is 8.01. The van der Waals surface area contributed by atoms with Crippen LogP contribution in [-0.2, 0) is 0 Å². The van der Waals surface area contributed by atoms with Gasteiger partial charge in [0.15, 0.2) is 0 Å². The smallest absolute Gasteiger partial charge is 0.265 e. The summed E-state index contributed by atoms with van der Waals surface area (Å²) in [5, 5.41) is 12.4. The maximum atomic E-state index is 13.3. The molecule has 0 saturated carbocycles. The summed E-state index contributed by atoms with van der Waals surface area (Å²) in [6, 6.07) is 24.6. The Hall–Kier alpha value is -3.90. The molecule has 1 atom stereocenters. The molecule has 4 aromatic rings. The number of nitrogens with zero attached hydrogens (tertiary/aromatic N) is 3. The third-order valence-electron chi connectivity index (χ3n) is 5.72. The molecule has 33 heavy (non-hydrogen) atoms. The van der Waals surface area contributed by atoms with Crippen molar-refractivity contribution in [1.29, 1.82) is 0 Å². The Morgan fingerprint density at radius 1 is 1.00 bits per heavy atom. The molecule has 1 heterocycles. The molecular weight excluding hydrogens is 414 g/mol. The first kappa shape index (κ1) is 22.3. The molecule has 1 N–H and O–H groups in total. The number of hydrogen-bond donors (Lipinski definition) is 1. The van der Waals surface area contributed by atoms with Crippen LogP contribution in [0.25, 0.3) is 16.5 Å². The Labute approximate surface area is 193 Å². The van der Waals surface area contributed by atoms with Gasteiger partial charge in [0.1, 0.15) is 5.75 Å². The molecule has 0 aliphatic rings. The first-order chi connectivity index (χ1) is 16.0. The summed E-state index contributed by atoms with van der Waals surface area (Å²) in [5.74, 6) is 0.440. The number of aromatic nitrogens is 1. The fourth-order valence-electron chi connectivity index (χ4n) is 3.96. The van der Waals surface area contributed by atoms with Gasteiger partial charge in [-0.15, -0.1) is 0 Å². The average molecular weight is 442 g/mol. The van der Waals surface area contributed by atoms with E-state index in [1.165, 1.54) is 4.57 Å². The molecule has 6 heteroatoms. The van der Waals surface area contributed by atoms with Gasteiger partial charge >= 0.3 is 0 Å². The summed E-state index contributed by atoms with van der Waals surface area (Å²) in [4.78, 5) is 20.1. The van der Waals surface area contributed by atoms with Crippen molar-refractivity contribution >= 4 is 17.0 Å². The summed E-state index contributed by atoms with van der Waals surface area (Å²) in [6.07, 6.45) is 1.66. The van der Waals surface area contributed by atoms with Crippen LogP contribution in [0.3, 0.4) is 0 Å². The standard InChI is InChI=1S/C27H27N3O3/c1-29(2)25(19-10-5-4-6-11-19)18-28-17-24-22-14-7-8-15-23(22)26(31)30(27(24)32)20-12-9-13-21(16-20)33-3/h4-17,25,32H,18H2,1-3H3/t25-/m0/s1. The lowest BCUT2D eigenvalue weighted by atomic mass is 10.1. The van der Waals surface area contributed by atoms with Gasteiger partial charge in [-0.05, 0) is 37.9 Å². The van der Waals surface area contributed by atoms with Gasteiger partial charge in [-0.25, -0.2) is 4.57 Å². The van der Waals surface area contributed by atoms with E-state index < -0.39 is 0 Å². The normalized spacial score (nSPS) is 12.5. The predicted molar refractivity (Wildman–Crippen MR) is 133 cm³/mol. The number of hydrogen-bond acceptors (Lipinski definition) is 5. The van der Waals surface area contributed by atoms with Crippen LogP contribution in [0.15, 0.2) is 88.6 Å². The van der Waals surface area contributed by atoms with Gasteiger partial charge in [0.25, 0.3) is 5.56 Å². The number of ether oxygens (including phenoxy) is 1. The Bertz CT molecular complexity index is 1340. The number of benzene rings is 3. The van der Waals surface area contributed by atoms with E-state index in [9.17, 15) is 9.90 Å².